The zero-order valence-electron chi connectivity index (χ0n) is 18.9. The number of hydrogen-bond acceptors (Lipinski definition) is 5. The second kappa shape index (κ2) is 11.6. The molecule has 3 aromatic rings. The van der Waals surface area contributed by atoms with Crippen LogP contribution in [0.3, 0.4) is 0 Å². The molecule has 0 aliphatic carbocycles. The molecule has 0 saturated carbocycles. The van der Waals surface area contributed by atoms with E-state index in [1.807, 2.05) is 42.5 Å². The van der Waals surface area contributed by atoms with Gasteiger partial charge in [-0.3, -0.25) is 0 Å². The minimum atomic E-state index is 0.137. The molecule has 0 bridgehead atoms. The Morgan fingerprint density at radius 2 is 1.82 bits per heavy atom. The minimum Gasteiger partial charge on any atom is -0.491 e. The van der Waals surface area contributed by atoms with Gasteiger partial charge in [0.25, 0.3) is 0 Å². The smallest absolute Gasteiger partial charge is 0.124 e. The molecule has 1 aliphatic heterocycles. The number of carbonyl (C=O) groups excluding carboxylic acids is 1. The summed E-state index contributed by atoms with van der Waals surface area (Å²) >= 11 is 0. The van der Waals surface area contributed by atoms with E-state index in [0.717, 1.165) is 65.1 Å². The first kappa shape index (κ1) is 23.0. The van der Waals surface area contributed by atoms with Crippen LogP contribution in [0, 0.1) is 0 Å². The first-order chi connectivity index (χ1) is 16.2. The fourth-order valence-corrected chi connectivity index (χ4v) is 4.06. The molecule has 1 heterocycles. The number of rotatable bonds is 10. The average Bonchev–Trinajstić information content (AvgIpc) is 2.88. The number of benzene rings is 3. The van der Waals surface area contributed by atoms with E-state index in [9.17, 15) is 4.79 Å². The predicted molar refractivity (Wildman–Crippen MR) is 129 cm³/mol. The van der Waals surface area contributed by atoms with Crippen LogP contribution in [0.4, 0.5) is 0 Å². The van der Waals surface area contributed by atoms with E-state index in [-0.39, 0.29) is 6.10 Å². The molecule has 0 radical (unpaired) electrons. The summed E-state index contributed by atoms with van der Waals surface area (Å²) in [5.74, 6) is 1.51. The highest BCUT2D eigenvalue weighted by Crippen LogP contribution is 2.29. The van der Waals surface area contributed by atoms with Crippen molar-refractivity contribution in [3.8, 4) is 22.6 Å². The Kier molecular flexibility index (Phi) is 8.12. The molecule has 33 heavy (non-hydrogen) atoms. The summed E-state index contributed by atoms with van der Waals surface area (Å²) in [6, 6.07) is 22.0. The van der Waals surface area contributed by atoms with Crippen molar-refractivity contribution in [2.45, 2.75) is 44.9 Å². The minimum absolute atomic E-state index is 0.137. The summed E-state index contributed by atoms with van der Waals surface area (Å²) in [7, 11) is 0. The van der Waals surface area contributed by atoms with Gasteiger partial charge in [0, 0.05) is 25.1 Å². The molecule has 172 valence electrons. The van der Waals surface area contributed by atoms with Crippen molar-refractivity contribution < 1.29 is 19.0 Å². The van der Waals surface area contributed by atoms with E-state index >= 15 is 0 Å². The molecule has 0 spiro atoms. The standard InChI is InChI=1S/C28H31NO4/c29-18-21-6-5-8-24(14-21)25-15-22(19-33-28-10-2-1-7-23(28)11-12-30)16-27(17-25)32-20-26-9-3-4-13-31-26/h1-2,5-8,10,12,14-17,26H,3-4,9,11,13,18-20,29H2. The SMILES string of the molecule is NCc1cccc(-c2cc(COc3ccccc3CC=O)cc(OCC3CCCCO3)c2)c1. The molecule has 1 unspecified atom stereocenters. The third-order valence-corrected chi connectivity index (χ3v) is 5.84. The Labute approximate surface area is 195 Å². The Morgan fingerprint density at radius 3 is 2.64 bits per heavy atom. The van der Waals surface area contributed by atoms with Crippen LogP contribution >= 0.6 is 0 Å². The Morgan fingerprint density at radius 1 is 0.939 bits per heavy atom. The van der Waals surface area contributed by atoms with E-state index in [0.29, 0.717) is 26.2 Å². The quantitative estimate of drug-likeness (QED) is 0.441. The fourth-order valence-electron chi connectivity index (χ4n) is 4.06. The molecule has 5 nitrogen and oxygen atoms in total. The van der Waals surface area contributed by atoms with E-state index in [1.165, 1.54) is 6.42 Å². The summed E-state index contributed by atoms with van der Waals surface area (Å²) in [4.78, 5) is 11.0. The van der Waals surface area contributed by atoms with Crippen LogP contribution in [0.15, 0.2) is 66.7 Å². The van der Waals surface area contributed by atoms with Gasteiger partial charge in [-0.05, 0) is 71.8 Å². The zero-order chi connectivity index (χ0) is 22.9. The number of carbonyl (C=O) groups is 1. The highest BCUT2D eigenvalue weighted by molar-refractivity contribution is 5.67. The van der Waals surface area contributed by atoms with Crippen molar-refractivity contribution in [1.82, 2.24) is 0 Å². The maximum atomic E-state index is 11.0. The van der Waals surface area contributed by atoms with Gasteiger partial charge in [-0.2, -0.15) is 0 Å². The summed E-state index contributed by atoms with van der Waals surface area (Å²) in [6.07, 6.45) is 4.69. The number of aldehydes is 1. The van der Waals surface area contributed by atoms with Gasteiger partial charge in [0.15, 0.2) is 0 Å². The van der Waals surface area contributed by atoms with E-state index in [4.69, 9.17) is 19.9 Å². The number of nitrogens with two attached hydrogens (primary N) is 1. The second-order valence-corrected chi connectivity index (χ2v) is 8.34. The number of hydrogen-bond donors (Lipinski definition) is 1. The fraction of sp³-hybridized carbons (Fsp3) is 0.321. The van der Waals surface area contributed by atoms with Crippen LogP contribution in [0.2, 0.25) is 0 Å². The van der Waals surface area contributed by atoms with Gasteiger partial charge >= 0.3 is 0 Å². The van der Waals surface area contributed by atoms with Crippen molar-refractivity contribution in [3.63, 3.8) is 0 Å². The molecule has 5 heteroatoms. The van der Waals surface area contributed by atoms with Gasteiger partial charge < -0.3 is 24.7 Å². The summed E-state index contributed by atoms with van der Waals surface area (Å²) in [5.41, 5.74) is 10.9. The Balaban J connectivity index is 1.57. The first-order valence-corrected chi connectivity index (χ1v) is 11.6. The molecule has 4 rings (SSSR count). The highest BCUT2D eigenvalue weighted by atomic mass is 16.5. The normalized spacial score (nSPS) is 15.7. The van der Waals surface area contributed by atoms with Gasteiger partial charge in [0.05, 0.1) is 6.10 Å². The van der Waals surface area contributed by atoms with Crippen LogP contribution in [0.1, 0.15) is 36.0 Å². The molecular formula is C28H31NO4. The zero-order valence-corrected chi connectivity index (χ0v) is 18.9. The topological polar surface area (TPSA) is 70.8 Å². The maximum absolute atomic E-state index is 11.0. The van der Waals surface area contributed by atoms with Crippen LogP contribution in [-0.2, 0) is 29.1 Å². The molecule has 1 atom stereocenters. The Bertz CT molecular complexity index is 1060. The monoisotopic (exact) mass is 445 g/mol. The van der Waals surface area contributed by atoms with Gasteiger partial charge in [-0.15, -0.1) is 0 Å². The summed E-state index contributed by atoms with van der Waals surface area (Å²) in [6.45, 7) is 2.21. The van der Waals surface area contributed by atoms with Gasteiger partial charge in [0.1, 0.15) is 31.0 Å². The lowest BCUT2D eigenvalue weighted by atomic mass is 10.0. The maximum Gasteiger partial charge on any atom is 0.124 e. The van der Waals surface area contributed by atoms with Crippen molar-refractivity contribution in [2.24, 2.45) is 5.73 Å². The highest BCUT2D eigenvalue weighted by Gasteiger charge is 2.15. The molecule has 3 aromatic carbocycles. The van der Waals surface area contributed by atoms with Gasteiger partial charge in [0.2, 0.25) is 0 Å². The largest absolute Gasteiger partial charge is 0.491 e. The number of para-hydroxylation sites is 1. The molecule has 1 fully saturated rings. The average molecular weight is 446 g/mol. The van der Waals surface area contributed by atoms with Crippen molar-refractivity contribution >= 4 is 6.29 Å². The summed E-state index contributed by atoms with van der Waals surface area (Å²) < 4.78 is 18.1. The molecule has 2 N–H and O–H groups in total. The third kappa shape index (κ3) is 6.44. The lowest BCUT2D eigenvalue weighted by Crippen LogP contribution is -2.25. The predicted octanol–water partition coefficient (Wildman–Crippen LogP) is 5.08. The van der Waals surface area contributed by atoms with E-state index in [1.54, 1.807) is 0 Å². The molecular weight excluding hydrogens is 414 g/mol. The van der Waals surface area contributed by atoms with Crippen molar-refractivity contribution in [1.29, 1.82) is 0 Å². The first-order valence-electron chi connectivity index (χ1n) is 11.6. The van der Waals surface area contributed by atoms with Crippen LogP contribution < -0.4 is 15.2 Å². The summed E-state index contributed by atoms with van der Waals surface area (Å²) in [5, 5.41) is 0. The second-order valence-electron chi connectivity index (χ2n) is 8.34. The van der Waals surface area contributed by atoms with Crippen molar-refractivity contribution in [3.05, 3.63) is 83.4 Å². The van der Waals surface area contributed by atoms with E-state index in [2.05, 4.69) is 24.3 Å². The molecule has 1 aliphatic rings. The van der Waals surface area contributed by atoms with Crippen LogP contribution in [-0.4, -0.2) is 25.6 Å². The number of ether oxygens (including phenoxy) is 3. The van der Waals surface area contributed by atoms with Crippen molar-refractivity contribution in [2.75, 3.05) is 13.2 Å². The molecule has 0 aromatic heterocycles. The van der Waals surface area contributed by atoms with Gasteiger partial charge in [-0.1, -0.05) is 36.4 Å². The van der Waals surface area contributed by atoms with Gasteiger partial charge in [-0.25, -0.2) is 0 Å². The van der Waals surface area contributed by atoms with Crippen LogP contribution in [0.25, 0.3) is 11.1 Å². The third-order valence-electron chi connectivity index (χ3n) is 5.84. The van der Waals surface area contributed by atoms with E-state index < -0.39 is 0 Å². The molecule has 1 saturated heterocycles. The molecule has 0 amide bonds. The lowest BCUT2D eigenvalue weighted by Gasteiger charge is -2.23. The Hall–Kier alpha value is -3.15. The van der Waals surface area contributed by atoms with Crippen LogP contribution in [0.5, 0.6) is 11.5 Å². The lowest BCUT2D eigenvalue weighted by molar-refractivity contribution is -0.107.